The highest BCUT2D eigenvalue weighted by Gasteiger charge is 2.13. The van der Waals surface area contributed by atoms with Crippen LogP contribution in [0, 0.1) is 24.6 Å². The highest BCUT2D eigenvalue weighted by Crippen LogP contribution is 2.29. The predicted octanol–water partition coefficient (Wildman–Crippen LogP) is 5.36. The van der Waals surface area contributed by atoms with Crippen LogP contribution in [0.1, 0.15) is 11.1 Å². The van der Waals surface area contributed by atoms with Crippen LogP contribution in [-0.4, -0.2) is 0 Å². The minimum Gasteiger partial charge on any atom is -0.147 e. The van der Waals surface area contributed by atoms with Crippen molar-refractivity contribution in [3.63, 3.8) is 0 Å². The van der Waals surface area contributed by atoms with Crippen LogP contribution in [0.15, 0.2) is 36.4 Å². The third kappa shape index (κ3) is 2.88. The Labute approximate surface area is 117 Å². The van der Waals surface area contributed by atoms with Gasteiger partial charge >= 0.3 is 11.4 Å². The molecule has 0 N–H and O–H groups in total. The summed E-state index contributed by atoms with van der Waals surface area (Å²) in [6.45, 7) is 3.78. The highest BCUT2D eigenvalue weighted by molar-refractivity contribution is 5.85. The zero-order valence-electron chi connectivity index (χ0n) is 10.7. The van der Waals surface area contributed by atoms with Crippen LogP contribution >= 0.6 is 12.4 Å². The van der Waals surface area contributed by atoms with Crippen molar-refractivity contribution in [3.05, 3.63) is 57.5 Å². The first kappa shape index (κ1) is 14.6. The van der Waals surface area contributed by atoms with E-state index < -0.39 is 0 Å². The van der Waals surface area contributed by atoms with Crippen LogP contribution in [0.2, 0.25) is 0 Å². The van der Waals surface area contributed by atoms with E-state index in [2.05, 4.69) is 9.95 Å². The van der Waals surface area contributed by atoms with Crippen LogP contribution < -0.4 is 0 Å². The fourth-order valence-electron chi connectivity index (χ4n) is 1.89. The molecule has 0 saturated carbocycles. The summed E-state index contributed by atoms with van der Waals surface area (Å²) in [6.07, 6.45) is 0. The lowest BCUT2D eigenvalue weighted by Gasteiger charge is -2.01. The Balaban J connectivity index is 0.00000180. The van der Waals surface area contributed by atoms with Crippen LogP contribution in [0.3, 0.4) is 0 Å². The van der Waals surface area contributed by atoms with E-state index >= 15 is 0 Å². The van der Waals surface area contributed by atoms with Gasteiger partial charge in [0.1, 0.15) is 0 Å². The first-order valence-electron chi connectivity index (χ1n) is 5.57. The molecular formula is C14H13ClN4+2. The molecule has 2 aromatic carbocycles. The number of benzene rings is 2. The highest BCUT2D eigenvalue weighted by atomic mass is 35.5. The zero-order chi connectivity index (χ0) is 13.1. The van der Waals surface area contributed by atoms with Crippen molar-refractivity contribution in [2.24, 2.45) is 0 Å². The number of hydrogen-bond donors (Lipinski definition) is 0. The van der Waals surface area contributed by atoms with Gasteiger partial charge in [-0.2, -0.15) is 0 Å². The number of diazo groups is 2. The molecule has 0 amide bonds. The van der Waals surface area contributed by atoms with Gasteiger partial charge in [-0.1, -0.05) is 0 Å². The maximum absolute atomic E-state index is 8.78. The maximum Gasteiger partial charge on any atom is 0.387 e. The number of rotatable bonds is 1. The van der Waals surface area contributed by atoms with Crippen LogP contribution in [0.4, 0.5) is 11.4 Å². The molecule has 19 heavy (non-hydrogen) atoms. The number of aryl methyl sites for hydroxylation is 2. The molecule has 0 aliphatic rings. The Hall–Kier alpha value is -2.43. The first-order chi connectivity index (χ1) is 8.65. The molecule has 2 rings (SSSR count). The summed E-state index contributed by atoms with van der Waals surface area (Å²) >= 11 is 0. The number of halogens is 1. The van der Waals surface area contributed by atoms with Crippen molar-refractivity contribution in [1.82, 2.24) is 0 Å². The molecule has 0 fully saturated rings. The van der Waals surface area contributed by atoms with Gasteiger partial charge in [0.25, 0.3) is 0 Å². The summed E-state index contributed by atoms with van der Waals surface area (Å²) in [4.78, 5) is 6.40. The van der Waals surface area contributed by atoms with Crippen LogP contribution in [0.25, 0.3) is 21.1 Å². The number of nitrogens with zero attached hydrogens (tertiary/aromatic N) is 4. The quantitative estimate of drug-likeness (QED) is 0.656. The van der Waals surface area contributed by atoms with Gasteiger partial charge in [0.15, 0.2) is 9.95 Å². The Morgan fingerprint density at radius 2 is 1.11 bits per heavy atom. The second-order valence-electron chi connectivity index (χ2n) is 4.20. The molecule has 0 saturated heterocycles. The van der Waals surface area contributed by atoms with E-state index in [1.54, 1.807) is 12.1 Å². The molecule has 0 radical (unpaired) electrons. The van der Waals surface area contributed by atoms with E-state index in [4.69, 9.17) is 10.8 Å². The van der Waals surface area contributed by atoms with E-state index in [0.29, 0.717) is 11.4 Å². The molecule has 94 valence electrons. The molecule has 0 spiro atoms. The summed E-state index contributed by atoms with van der Waals surface area (Å²) in [7, 11) is 0. The standard InChI is InChI=1S/C14H12N4.ClH/c1-9-7-11(3-5-13(9)17-15)12-4-6-14(18-16)10(2)8-12;/h3-8H,1-2H3;1H/q+2;. The monoisotopic (exact) mass is 272 g/mol. The van der Waals surface area contributed by atoms with Crippen LogP contribution in [0.5, 0.6) is 0 Å². The molecule has 0 unspecified atom stereocenters. The van der Waals surface area contributed by atoms with Crippen molar-refractivity contribution in [2.75, 3.05) is 0 Å². The summed E-state index contributed by atoms with van der Waals surface area (Å²) in [5, 5.41) is 17.6. The Morgan fingerprint density at radius 1 is 0.737 bits per heavy atom. The van der Waals surface area contributed by atoms with E-state index in [-0.39, 0.29) is 12.4 Å². The Morgan fingerprint density at radius 3 is 1.37 bits per heavy atom. The van der Waals surface area contributed by atoms with Crippen molar-refractivity contribution in [1.29, 1.82) is 10.8 Å². The normalized spacial score (nSPS) is 9.05. The fourth-order valence-corrected chi connectivity index (χ4v) is 1.89. The topological polar surface area (TPSA) is 56.3 Å². The van der Waals surface area contributed by atoms with Gasteiger partial charge in [-0.05, 0) is 49.2 Å². The van der Waals surface area contributed by atoms with Crippen LogP contribution in [-0.2, 0) is 0 Å². The SMILES string of the molecule is Cc1cc(-c2ccc([N+]#N)c(C)c2)ccc1[N+]#N.Cl. The van der Waals surface area contributed by atoms with Gasteiger partial charge in [0, 0.05) is 23.3 Å². The molecular weight excluding hydrogens is 260 g/mol. The molecule has 0 aliphatic heterocycles. The molecule has 0 heterocycles. The fraction of sp³-hybridized carbons (Fsp3) is 0.143. The largest absolute Gasteiger partial charge is 0.387 e. The smallest absolute Gasteiger partial charge is 0.147 e. The van der Waals surface area contributed by atoms with Gasteiger partial charge in [0.2, 0.25) is 10.8 Å². The molecule has 0 aromatic heterocycles. The summed E-state index contributed by atoms with van der Waals surface area (Å²) in [5.74, 6) is 0. The molecule has 0 bridgehead atoms. The van der Waals surface area contributed by atoms with E-state index in [0.717, 1.165) is 22.3 Å². The second-order valence-corrected chi connectivity index (χ2v) is 4.20. The first-order valence-corrected chi connectivity index (χ1v) is 5.57. The second kappa shape index (κ2) is 5.95. The van der Waals surface area contributed by atoms with E-state index in [9.17, 15) is 0 Å². The maximum atomic E-state index is 8.78. The molecule has 0 atom stereocenters. The predicted molar refractivity (Wildman–Crippen MR) is 78.1 cm³/mol. The Bertz CT molecular complexity index is 634. The average Bonchev–Trinajstić information content (AvgIpc) is 2.38. The van der Waals surface area contributed by atoms with Crippen molar-refractivity contribution < 1.29 is 0 Å². The van der Waals surface area contributed by atoms with Gasteiger partial charge in [-0.25, -0.2) is 0 Å². The van der Waals surface area contributed by atoms with Gasteiger partial charge in [0.05, 0.1) is 0 Å². The molecule has 4 nitrogen and oxygen atoms in total. The minimum atomic E-state index is 0. The third-order valence-electron chi connectivity index (χ3n) is 2.94. The molecule has 0 aliphatic carbocycles. The lowest BCUT2D eigenvalue weighted by Crippen LogP contribution is -1.82. The van der Waals surface area contributed by atoms with Crippen molar-refractivity contribution in [2.45, 2.75) is 13.8 Å². The Kier molecular flexibility index (Phi) is 4.58. The van der Waals surface area contributed by atoms with E-state index in [1.165, 1.54) is 0 Å². The molecule has 5 heteroatoms. The minimum absolute atomic E-state index is 0. The average molecular weight is 273 g/mol. The summed E-state index contributed by atoms with van der Waals surface area (Å²) in [5.41, 5.74) is 5.02. The lowest BCUT2D eigenvalue weighted by molar-refractivity contribution is 1.40. The van der Waals surface area contributed by atoms with Crippen molar-refractivity contribution >= 4 is 23.8 Å². The number of hydrogen-bond acceptors (Lipinski definition) is 2. The zero-order valence-corrected chi connectivity index (χ0v) is 11.5. The van der Waals surface area contributed by atoms with Crippen molar-refractivity contribution in [3.8, 4) is 11.1 Å². The van der Waals surface area contributed by atoms with Gasteiger partial charge in [-0.15, -0.1) is 12.4 Å². The molecule has 2 aromatic rings. The summed E-state index contributed by atoms with van der Waals surface area (Å²) < 4.78 is 0. The third-order valence-corrected chi connectivity index (χ3v) is 2.94. The van der Waals surface area contributed by atoms with E-state index in [1.807, 2.05) is 38.1 Å². The van der Waals surface area contributed by atoms with Gasteiger partial charge in [-0.3, -0.25) is 0 Å². The summed E-state index contributed by atoms with van der Waals surface area (Å²) in [6, 6.07) is 11.2. The van der Waals surface area contributed by atoms with Gasteiger partial charge < -0.3 is 0 Å². The lowest BCUT2D eigenvalue weighted by atomic mass is 10.0.